The Balaban J connectivity index is 1.51. The quantitative estimate of drug-likeness (QED) is 0.313. The maximum Gasteiger partial charge on any atom is 0.290 e. The third-order valence-electron chi connectivity index (χ3n) is 6.72. The zero-order valence-electron chi connectivity index (χ0n) is 20.0. The first-order valence-electron chi connectivity index (χ1n) is 11.9. The molecule has 0 spiro atoms. The van der Waals surface area contributed by atoms with E-state index in [2.05, 4.69) is 23.7 Å². The lowest BCUT2D eigenvalue weighted by molar-refractivity contribution is -0.129. The lowest BCUT2D eigenvalue weighted by Gasteiger charge is -2.27. The molecule has 9 heteroatoms. The number of amides is 1. The van der Waals surface area contributed by atoms with Crippen molar-refractivity contribution in [3.05, 3.63) is 68.6 Å². The fourth-order valence-corrected chi connectivity index (χ4v) is 6.80. The van der Waals surface area contributed by atoms with Crippen LogP contribution >= 0.6 is 22.7 Å². The van der Waals surface area contributed by atoms with Crippen LogP contribution in [0.25, 0.3) is 16.0 Å². The van der Waals surface area contributed by atoms with Gasteiger partial charge in [-0.05, 0) is 56.6 Å². The number of fused-ring (bicyclic) bond motifs is 3. The van der Waals surface area contributed by atoms with E-state index in [1.54, 1.807) is 4.90 Å². The second-order valence-electron chi connectivity index (χ2n) is 8.62. The number of aryl methyl sites for hydroxylation is 1. The Hall–Kier alpha value is -3.01. The van der Waals surface area contributed by atoms with Gasteiger partial charge in [0.2, 0.25) is 5.78 Å². The summed E-state index contributed by atoms with van der Waals surface area (Å²) in [6.45, 7) is 9.34. The molecule has 0 saturated carbocycles. The monoisotopic (exact) mass is 508 g/mol. The summed E-state index contributed by atoms with van der Waals surface area (Å²) in [5, 5.41) is 12.9. The molecule has 0 radical (unpaired) electrons. The Bertz CT molecular complexity index is 1430. The zero-order valence-corrected chi connectivity index (χ0v) is 21.7. The minimum absolute atomic E-state index is 0.164. The van der Waals surface area contributed by atoms with Crippen LogP contribution in [0.4, 0.5) is 0 Å². The molecule has 1 aromatic carbocycles. The molecular weight excluding hydrogens is 480 g/mol. The van der Waals surface area contributed by atoms with Gasteiger partial charge in [-0.2, -0.15) is 0 Å². The van der Waals surface area contributed by atoms with Gasteiger partial charge in [0.1, 0.15) is 0 Å². The first-order chi connectivity index (χ1) is 17.0. The Labute approximate surface area is 211 Å². The van der Waals surface area contributed by atoms with Gasteiger partial charge in [-0.25, -0.2) is 4.98 Å². The molecule has 7 nitrogen and oxygen atoms in total. The smallest absolute Gasteiger partial charge is 0.290 e. The fourth-order valence-electron chi connectivity index (χ4n) is 4.86. The number of carbonyl (C=O) groups is 2. The lowest BCUT2D eigenvalue weighted by Crippen LogP contribution is -2.34. The van der Waals surface area contributed by atoms with Crippen molar-refractivity contribution in [3.63, 3.8) is 0 Å². The second kappa shape index (κ2) is 9.56. The van der Waals surface area contributed by atoms with Crippen LogP contribution in [0.2, 0.25) is 0 Å². The van der Waals surface area contributed by atoms with E-state index < -0.39 is 17.7 Å². The molecule has 0 aliphatic carbocycles. The highest BCUT2D eigenvalue weighted by molar-refractivity contribution is 7.19. The molecule has 3 aromatic heterocycles. The van der Waals surface area contributed by atoms with Crippen LogP contribution in [-0.2, 0) is 4.79 Å². The van der Waals surface area contributed by atoms with Crippen molar-refractivity contribution >= 4 is 50.4 Å². The molecule has 1 unspecified atom stereocenters. The number of hydrogen-bond donors (Lipinski definition) is 1. The van der Waals surface area contributed by atoms with E-state index in [0.717, 1.165) is 52.6 Å². The summed E-state index contributed by atoms with van der Waals surface area (Å²) in [4.78, 5) is 37.8. The summed E-state index contributed by atoms with van der Waals surface area (Å²) in [5.74, 6) is -1.22. The van der Waals surface area contributed by atoms with Crippen LogP contribution in [0.3, 0.4) is 0 Å². The van der Waals surface area contributed by atoms with Gasteiger partial charge in [0.05, 0.1) is 27.5 Å². The number of hydrogen-bond acceptors (Lipinski definition) is 7. The van der Waals surface area contributed by atoms with E-state index in [9.17, 15) is 14.7 Å². The van der Waals surface area contributed by atoms with Crippen molar-refractivity contribution in [3.8, 4) is 0 Å². The number of aromatic nitrogens is 2. The molecule has 4 aromatic rings. The Morgan fingerprint density at radius 3 is 2.66 bits per heavy atom. The highest BCUT2D eigenvalue weighted by atomic mass is 32.1. The van der Waals surface area contributed by atoms with Gasteiger partial charge < -0.3 is 14.9 Å². The highest BCUT2D eigenvalue weighted by Gasteiger charge is 2.44. The van der Waals surface area contributed by atoms with Gasteiger partial charge >= 0.3 is 0 Å². The molecule has 4 heterocycles. The molecule has 35 heavy (non-hydrogen) atoms. The first kappa shape index (κ1) is 23.7. The minimum atomic E-state index is -0.586. The van der Waals surface area contributed by atoms with Gasteiger partial charge in [-0.15, -0.1) is 11.3 Å². The Kier molecular flexibility index (Phi) is 6.48. The molecule has 1 aliphatic rings. The molecule has 182 valence electrons. The van der Waals surface area contributed by atoms with E-state index in [1.165, 1.54) is 22.7 Å². The average Bonchev–Trinajstić information content (AvgIpc) is 3.62. The largest absolute Gasteiger partial charge is 0.503 e. The number of aliphatic hydroxyl groups excluding tert-OH is 1. The minimum Gasteiger partial charge on any atom is -0.503 e. The van der Waals surface area contributed by atoms with Crippen LogP contribution in [0.15, 0.2) is 53.1 Å². The number of carbonyl (C=O) groups excluding carboxylic acids is 2. The predicted molar refractivity (Wildman–Crippen MR) is 140 cm³/mol. The Morgan fingerprint density at radius 2 is 1.94 bits per heavy atom. The van der Waals surface area contributed by atoms with E-state index in [0.29, 0.717) is 11.4 Å². The molecule has 5 rings (SSSR count). The van der Waals surface area contributed by atoms with Crippen molar-refractivity contribution in [2.24, 2.45) is 0 Å². The first-order valence-corrected chi connectivity index (χ1v) is 13.6. The number of benzene rings is 1. The zero-order chi connectivity index (χ0) is 24.7. The van der Waals surface area contributed by atoms with Gasteiger partial charge in [0, 0.05) is 17.1 Å². The summed E-state index contributed by atoms with van der Waals surface area (Å²) >= 11 is 2.79. The number of thiophene rings is 1. The molecule has 0 bridgehead atoms. The van der Waals surface area contributed by atoms with Crippen molar-refractivity contribution < 1.29 is 14.7 Å². The van der Waals surface area contributed by atoms with Crippen LogP contribution in [0.5, 0.6) is 0 Å². The normalized spacial score (nSPS) is 16.5. The molecule has 1 aliphatic heterocycles. The maximum atomic E-state index is 13.9. The number of nitrogens with zero attached hydrogens (tertiary/aromatic N) is 4. The van der Waals surface area contributed by atoms with Crippen molar-refractivity contribution in [2.75, 3.05) is 26.2 Å². The van der Waals surface area contributed by atoms with Crippen LogP contribution in [-0.4, -0.2) is 62.2 Å². The maximum absolute atomic E-state index is 13.9. The third-order valence-corrected chi connectivity index (χ3v) is 8.79. The fraction of sp³-hybridized carbons (Fsp3) is 0.346. The van der Waals surface area contributed by atoms with Crippen molar-refractivity contribution in [1.82, 2.24) is 19.2 Å². The molecule has 0 saturated heterocycles. The van der Waals surface area contributed by atoms with Crippen molar-refractivity contribution in [1.29, 1.82) is 0 Å². The van der Waals surface area contributed by atoms with Crippen LogP contribution < -0.4 is 0 Å². The number of thiazole rings is 1. The number of rotatable bonds is 9. The number of Topliss-reactive ketones (excluding diaryl/α,β-unsaturated/α-hetero) is 1. The third kappa shape index (κ3) is 3.97. The van der Waals surface area contributed by atoms with Crippen molar-refractivity contribution in [2.45, 2.75) is 33.2 Å². The number of para-hydroxylation sites is 2. The molecule has 1 N–H and O–H groups in total. The van der Waals surface area contributed by atoms with Gasteiger partial charge in [-0.3, -0.25) is 14.0 Å². The van der Waals surface area contributed by atoms with Gasteiger partial charge in [0.25, 0.3) is 5.91 Å². The predicted octanol–water partition coefficient (Wildman–Crippen LogP) is 5.23. The van der Waals surface area contributed by atoms with Gasteiger partial charge in [0.15, 0.2) is 10.7 Å². The lowest BCUT2D eigenvalue weighted by atomic mass is 10.00. The highest BCUT2D eigenvalue weighted by Crippen LogP contribution is 2.42. The standard InChI is InChI=1S/C26H28N4O3S2/c1-4-28(5-2)13-9-14-29-21(19-12-8-15-34-19)20(23(32)25(29)33)22(31)24-16(3)30-18-11-7-6-10-17(18)27-26(30)35-24/h6-8,10-12,15,21,32H,4-5,9,13-14H2,1-3H3. The molecule has 1 amide bonds. The van der Waals surface area contributed by atoms with E-state index >= 15 is 0 Å². The number of imidazole rings is 1. The molecule has 0 fully saturated rings. The molecular formula is C26H28N4O3S2. The topological polar surface area (TPSA) is 78.2 Å². The van der Waals surface area contributed by atoms with E-state index in [1.807, 2.05) is 53.1 Å². The van der Waals surface area contributed by atoms with Crippen LogP contribution in [0.1, 0.15) is 46.6 Å². The summed E-state index contributed by atoms with van der Waals surface area (Å²) < 4.78 is 1.98. The second-order valence-corrected chi connectivity index (χ2v) is 10.6. The average molecular weight is 509 g/mol. The Morgan fingerprint density at radius 1 is 1.17 bits per heavy atom. The number of ketones is 1. The summed E-state index contributed by atoms with van der Waals surface area (Å²) in [6, 6.07) is 11.1. The SMILES string of the molecule is CCN(CC)CCCN1C(=O)C(O)=C(C(=O)c2sc3nc4ccccc4n3c2C)C1c1cccs1. The molecule has 1 atom stereocenters. The van der Waals surface area contributed by atoms with Crippen LogP contribution in [0, 0.1) is 6.92 Å². The van der Waals surface area contributed by atoms with E-state index in [-0.39, 0.29) is 11.4 Å². The summed E-state index contributed by atoms with van der Waals surface area (Å²) in [7, 11) is 0. The van der Waals surface area contributed by atoms with Gasteiger partial charge in [-0.1, -0.05) is 43.4 Å². The number of aliphatic hydroxyl groups is 1. The van der Waals surface area contributed by atoms with E-state index in [4.69, 9.17) is 0 Å². The summed E-state index contributed by atoms with van der Waals surface area (Å²) in [5.41, 5.74) is 2.73. The summed E-state index contributed by atoms with van der Waals surface area (Å²) in [6.07, 6.45) is 0.766.